The van der Waals surface area contributed by atoms with Gasteiger partial charge in [0.15, 0.2) is 0 Å². The maximum Gasteiger partial charge on any atom is 0.0974 e. The van der Waals surface area contributed by atoms with Gasteiger partial charge in [-0.1, -0.05) is 85.0 Å². The first-order valence-electron chi connectivity index (χ1n) is 5.99. The van der Waals surface area contributed by atoms with E-state index in [0.29, 0.717) is 0 Å². The molecule has 1 N–H and O–H groups in total. The predicted molar refractivity (Wildman–Crippen MR) is 76.0 cm³/mol. The van der Waals surface area contributed by atoms with Crippen molar-refractivity contribution in [1.29, 1.82) is 0 Å². The van der Waals surface area contributed by atoms with E-state index in [2.05, 4.69) is 0 Å². The fourth-order valence-corrected chi connectivity index (χ4v) is 1.66. The van der Waals surface area contributed by atoms with Crippen LogP contribution in [0.5, 0.6) is 0 Å². The molecule has 0 aliphatic rings. The number of rotatable bonds is 4. The normalized spacial score (nSPS) is 13.2. The minimum atomic E-state index is -0.549. The van der Waals surface area contributed by atoms with Crippen LogP contribution in [0.4, 0.5) is 0 Å². The van der Waals surface area contributed by atoms with Crippen molar-refractivity contribution in [3.05, 3.63) is 90.0 Å². The first-order valence-corrected chi connectivity index (χ1v) is 5.99. The Labute approximate surface area is 108 Å². The van der Waals surface area contributed by atoms with Gasteiger partial charge in [0.25, 0.3) is 0 Å². The van der Waals surface area contributed by atoms with E-state index in [0.717, 1.165) is 11.1 Å². The second kappa shape index (κ2) is 6.58. The van der Waals surface area contributed by atoms with E-state index in [9.17, 15) is 5.11 Å². The van der Waals surface area contributed by atoms with Gasteiger partial charge in [-0.25, -0.2) is 0 Å². The highest BCUT2D eigenvalue weighted by atomic mass is 16.3. The summed E-state index contributed by atoms with van der Waals surface area (Å²) in [4.78, 5) is 0. The summed E-state index contributed by atoms with van der Waals surface area (Å²) in [5, 5.41) is 9.90. The lowest BCUT2D eigenvalue weighted by Crippen LogP contribution is -1.91. The molecule has 2 aromatic rings. The fourth-order valence-electron chi connectivity index (χ4n) is 1.66. The zero-order chi connectivity index (χ0) is 12.6. The van der Waals surface area contributed by atoms with E-state index in [-0.39, 0.29) is 0 Å². The van der Waals surface area contributed by atoms with Crippen molar-refractivity contribution >= 4 is 6.08 Å². The van der Waals surface area contributed by atoms with Crippen LogP contribution in [0.25, 0.3) is 6.08 Å². The molecule has 18 heavy (non-hydrogen) atoms. The summed E-state index contributed by atoms with van der Waals surface area (Å²) in [7, 11) is 0. The minimum absolute atomic E-state index is 0.549. The third-order valence-corrected chi connectivity index (χ3v) is 2.63. The average Bonchev–Trinajstić information content (AvgIpc) is 2.45. The monoisotopic (exact) mass is 236 g/mol. The molecule has 2 aromatic carbocycles. The van der Waals surface area contributed by atoms with Crippen molar-refractivity contribution in [2.75, 3.05) is 0 Å². The molecule has 2 rings (SSSR count). The minimum Gasteiger partial charge on any atom is -0.384 e. The Morgan fingerprint density at radius 1 is 0.778 bits per heavy atom. The Kier molecular flexibility index (Phi) is 4.51. The van der Waals surface area contributed by atoms with Crippen LogP contribution in [-0.4, -0.2) is 5.11 Å². The van der Waals surface area contributed by atoms with Crippen molar-refractivity contribution in [2.24, 2.45) is 0 Å². The maximum atomic E-state index is 9.90. The number of benzene rings is 2. The van der Waals surface area contributed by atoms with Gasteiger partial charge in [0.05, 0.1) is 6.10 Å². The maximum absolute atomic E-state index is 9.90. The molecule has 0 aliphatic heterocycles. The Morgan fingerprint density at radius 3 is 2.06 bits per heavy atom. The molecule has 0 saturated heterocycles. The standard InChI is InChI=1S/C17H16O/c18-17(16-12-5-2-6-13-16)14-8-7-11-15-9-3-1-4-10-15/h1-14,17-18H/b11-7+,14-8-. The van der Waals surface area contributed by atoms with Gasteiger partial charge in [-0.3, -0.25) is 0 Å². The quantitative estimate of drug-likeness (QED) is 0.796. The molecule has 0 spiro atoms. The van der Waals surface area contributed by atoms with Crippen LogP contribution in [0.2, 0.25) is 0 Å². The zero-order valence-electron chi connectivity index (χ0n) is 10.1. The van der Waals surface area contributed by atoms with Gasteiger partial charge in [-0.2, -0.15) is 0 Å². The van der Waals surface area contributed by atoms with Crippen LogP contribution >= 0.6 is 0 Å². The third kappa shape index (κ3) is 3.72. The molecule has 0 aromatic heterocycles. The Balaban J connectivity index is 1.94. The Bertz CT molecular complexity index is 512. The van der Waals surface area contributed by atoms with Gasteiger partial charge in [-0.15, -0.1) is 0 Å². The number of aliphatic hydroxyl groups excluding tert-OH is 1. The average molecular weight is 236 g/mol. The zero-order valence-corrected chi connectivity index (χ0v) is 10.1. The number of allylic oxidation sites excluding steroid dienone is 2. The third-order valence-electron chi connectivity index (χ3n) is 2.63. The van der Waals surface area contributed by atoms with Crippen LogP contribution in [0, 0.1) is 0 Å². The van der Waals surface area contributed by atoms with E-state index in [1.807, 2.05) is 78.9 Å². The smallest absolute Gasteiger partial charge is 0.0974 e. The molecular weight excluding hydrogens is 220 g/mol. The molecular formula is C17H16O. The summed E-state index contributed by atoms with van der Waals surface area (Å²) in [6, 6.07) is 19.7. The molecule has 1 heteroatoms. The van der Waals surface area contributed by atoms with E-state index < -0.39 is 6.10 Å². The molecule has 90 valence electrons. The van der Waals surface area contributed by atoms with E-state index in [1.54, 1.807) is 6.08 Å². The molecule has 0 bridgehead atoms. The number of hydrogen-bond acceptors (Lipinski definition) is 1. The number of hydrogen-bond donors (Lipinski definition) is 1. The topological polar surface area (TPSA) is 20.2 Å². The summed E-state index contributed by atoms with van der Waals surface area (Å²) < 4.78 is 0. The van der Waals surface area contributed by atoms with E-state index in [1.165, 1.54) is 0 Å². The van der Waals surface area contributed by atoms with Gasteiger partial charge in [0.1, 0.15) is 0 Å². The molecule has 0 aliphatic carbocycles. The summed E-state index contributed by atoms with van der Waals surface area (Å²) in [6.45, 7) is 0. The van der Waals surface area contributed by atoms with Gasteiger partial charge in [0, 0.05) is 0 Å². The van der Waals surface area contributed by atoms with Crippen molar-refractivity contribution in [3.8, 4) is 0 Å². The van der Waals surface area contributed by atoms with Gasteiger partial charge >= 0.3 is 0 Å². The molecule has 1 unspecified atom stereocenters. The van der Waals surface area contributed by atoms with Crippen LogP contribution in [0.3, 0.4) is 0 Å². The summed E-state index contributed by atoms with van der Waals surface area (Å²) in [6.07, 6.45) is 7.03. The van der Waals surface area contributed by atoms with Crippen LogP contribution < -0.4 is 0 Å². The molecule has 0 saturated carbocycles. The highest BCUT2D eigenvalue weighted by molar-refractivity contribution is 5.50. The first kappa shape index (κ1) is 12.3. The lowest BCUT2D eigenvalue weighted by molar-refractivity contribution is 0.228. The fraction of sp³-hybridized carbons (Fsp3) is 0.0588. The van der Waals surface area contributed by atoms with Gasteiger partial charge in [-0.05, 0) is 11.1 Å². The van der Waals surface area contributed by atoms with E-state index >= 15 is 0 Å². The summed E-state index contributed by atoms with van der Waals surface area (Å²) in [5.41, 5.74) is 2.05. The molecule has 0 radical (unpaired) electrons. The SMILES string of the molecule is OC(/C=C\C=C\c1ccccc1)c1ccccc1. The number of aliphatic hydroxyl groups is 1. The highest BCUT2D eigenvalue weighted by Crippen LogP contribution is 2.13. The van der Waals surface area contributed by atoms with Crippen LogP contribution in [0.15, 0.2) is 78.9 Å². The highest BCUT2D eigenvalue weighted by Gasteiger charge is 1.99. The van der Waals surface area contributed by atoms with Crippen LogP contribution in [-0.2, 0) is 0 Å². The second-order valence-electron chi connectivity index (χ2n) is 4.01. The van der Waals surface area contributed by atoms with Gasteiger partial charge in [0.2, 0.25) is 0 Å². The summed E-state index contributed by atoms with van der Waals surface area (Å²) in [5.74, 6) is 0. The molecule has 0 heterocycles. The van der Waals surface area contributed by atoms with Crippen molar-refractivity contribution in [1.82, 2.24) is 0 Å². The van der Waals surface area contributed by atoms with Crippen molar-refractivity contribution < 1.29 is 5.11 Å². The van der Waals surface area contributed by atoms with Crippen LogP contribution in [0.1, 0.15) is 17.2 Å². The molecule has 0 amide bonds. The predicted octanol–water partition coefficient (Wildman–Crippen LogP) is 3.99. The van der Waals surface area contributed by atoms with Gasteiger partial charge < -0.3 is 5.11 Å². The van der Waals surface area contributed by atoms with Crippen molar-refractivity contribution in [3.63, 3.8) is 0 Å². The molecule has 1 atom stereocenters. The summed E-state index contributed by atoms with van der Waals surface area (Å²) >= 11 is 0. The van der Waals surface area contributed by atoms with E-state index in [4.69, 9.17) is 0 Å². The molecule has 0 fully saturated rings. The lowest BCUT2D eigenvalue weighted by atomic mass is 10.1. The first-order chi connectivity index (χ1) is 8.86. The Morgan fingerprint density at radius 2 is 1.39 bits per heavy atom. The molecule has 1 nitrogen and oxygen atoms in total. The lowest BCUT2D eigenvalue weighted by Gasteiger charge is -2.03. The Hall–Kier alpha value is -2.12. The largest absolute Gasteiger partial charge is 0.384 e. The van der Waals surface area contributed by atoms with Crippen molar-refractivity contribution in [2.45, 2.75) is 6.10 Å². The second-order valence-corrected chi connectivity index (χ2v) is 4.01.